The van der Waals surface area contributed by atoms with Gasteiger partial charge in [-0.05, 0) is 46.5 Å². The molecule has 0 heterocycles. The van der Waals surface area contributed by atoms with Crippen LogP contribution in [-0.4, -0.2) is 19.2 Å². The molecule has 1 aliphatic rings. The van der Waals surface area contributed by atoms with Gasteiger partial charge in [0.05, 0.1) is 6.54 Å². The fourth-order valence-electron chi connectivity index (χ4n) is 3.48. The molecular weight excluding hydrogens is 348 g/mol. The molecule has 28 heavy (non-hydrogen) atoms. The second-order valence-electron chi connectivity index (χ2n) is 6.60. The van der Waals surface area contributed by atoms with Crippen LogP contribution in [0.3, 0.4) is 0 Å². The van der Waals surface area contributed by atoms with E-state index in [-0.39, 0.29) is 12.5 Å². The molecule has 4 heteroatoms. The molecule has 3 N–H and O–H groups in total. The summed E-state index contributed by atoms with van der Waals surface area (Å²) >= 11 is 0. The maximum Gasteiger partial charge on any atom is 0.407 e. The van der Waals surface area contributed by atoms with E-state index in [2.05, 4.69) is 41.4 Å². The van der Waals surface area contributed by atoms with Crippen LogP contribution >= 0.6 is 0 Å². The summed E-state index contributed by atoms with van der Waals surface area (Å²) in [5.41, 5.74) is 12.0. The van der Waals surface area contributed by atoms with E-state index in [0.29, 0.717) is 12.3 Å². The molecule has 4 nitrogen and oxygen atoms in total. The van der Waals surface area contributed by atoms with E-state index in [9.17, 15) is 4.79 Å². The van der Waals surface area contributed by atoms with Gasteiger partial charge in [-0.2, -0.15) is 0 Å². The number of rotatable bonds is 3. The van der Waals surface area contributed by atoms with Gasteiger partial charge in [0.2, 0.25) is 0 Å². The Morgan fingerprint density at radius 3 is 2.18 bits per heavy atom. The van der Waals surface area contributed by atoms with Gasteiger partial charge >= 0.3 is 6.09 Å². The highest BCUT2D eigenvalue weighted by atomic mass is 16.5. The molecule has 0 unspecified atom stereocenters. The van der Waals surface area contributed by atoms with Crippen LogP contribution in [0.1, 0.15) is 22.6 Å². The Kier molecular flexibility index (Phi) is 4.99. The Morgan fingerprint density at radius 2 is 1.54 bits per heavy atom. The molecule has 3 aromatic rings. The number of benzene rings is 3. The summed E-state index contributed by atoms with van der Waals surface area (Å²) in [4.78, 5) is 12.1. The monoisotopic (exact) mass is 368 g/mol. The maximum atomic E-state index is 12.1. The van der Waals surface area contributed by atoms with Crippen molar-refractivity contribution >= 4 is 11.8 Å². The molecule has 1 amide bonds. The second-order valence-corrected chi connectivity index (χ2v) is 6.60. The van der Waals surface area contributed by atoms with Gasteiger partial charge in [-0.1, -0.05) is 60.4 Å². The van der Waals surface area contributed by atoms with Gasteiger partial charge in [0.25, 0.3) is 0 Å². The molecule has 0 fully saturated rings. The third-order valence-corrected chi connectivity index (χ3v) is 4.81. The van der Waals surface area contributed by atoms with Gasteiger partial charge in [0.15, 0.2) is 0 Å². The molecule has 1 aliphatic carbocycles. The zero-order chi connectivity index (χ0) is 19.3. The van der Waals surface area contributed by atoms with Crippen molar-refractivity contribution < 1.29 is 9.53 Å². The van der Waals surface area contributed by atoms with Crippen LogP contribution in [0, 0.1) is 11.8 Å². The van der Waals surface area contributed by atoms with Crippen LogP contribution in [0.5, 0.6) is 0 Å². The van der Waals surface area contributed by atoms with Crippen molar-refractivity contribution in [2.75, 3.05) is 18.9 Å². The van der Waals surface area contributed by atoms with E-state index >= 15 is 0 Å². The lowest BCUT2D eigenvalue weighted by Crippen LogP contribution is -2.26. The minimum Gasteiger partial charge on any atom is -0.449 e. The van der Waals surface area contributed by atoms with Crippen LogP contribution in [0.2, 0.25) is 0 Å². The number of fused-ring (bicyclic) bond motifs is 3. The molecule has 4 rings (SSSR count). The van der Waals surface area contributed by atoms with Crippen LogP contribution in [0.15, 0.2) is 72.8 Å². The first-order valence-corrected chi connectivity index (χ1v) is 9.15. The number of hydrogen-bond acceptors (Lipinski definition) is 3. The second kappa shape index (κ2) is 7.89. The predicted octanol–water partition coefficient (Wildman–Crippen LogP) is 4.16. The highest BCUT2D eigenvalue weighted by Gasteiger charge is 2.28. The Bertz CT molecular complexity index is 1020. The highest BCUT2D eigenvalue weighted by Crippen LogP contribution is 2.44. The number of nitrogen functional groups attached to an aromatic ring is 1. The molecule has 0 bridgehead atoms. The zero-order valence-electron chi connectivity index (χ0n) is 15.3. The van der Waals surface area contributed by atoms with E-state index in [1.54, 1.807) is 12.1 Å². The van der Waals surface area contributed by atoms with E-state index in [1.807, 2.05) is 36.4 Å². The van der Waals surface area contributed by atoms with Crippen molar-refractivity contribution in [3.05, 3.63) is 89.5 Å². The van der Waals surface area contributed by atoms with Crippen molar-refractivity contribution in [1.82, 2.24) is 5.32 Å². The summed E-state index contributed by atoms with van der Waals surface area (Å²) in [5.74, 6) is 5.94. The van der Waals surface area contributed by atoms with Crippen molar-refractivity contribution in [1.29, 1.82) is 0 Å². The largest absolute Gasteiger partial charge is 0.449 e. The average Bonchev–Trinajstić information content (AvgIpc) is 3.05. The third-order valence-electron chi connectivity index (χ3n) is 4.81. The molecule has 0 radical (unpaired) electrons. The minimum atomic E-state index is -0.464. The number of ether oxygens (including phenoxy) is 1. The molecular formula is C24H20N2O2. The average molecular weight is 368 g/mol. The molecule has 0 saturated heterocycles. The molecule has 0 aliphatic heterocycles. The minimum absolute atomic E-state index is 0.0546. The maximum absolute atomic E-state index is 12.1. The van der Waals surface area contributed by atoms with Crippen LogP contribution in [0.4, 0.5) is 10.5 Å². The Morgan fingerprint density at radius 1 is 0.929 bits per heavy atom. The molecule has 0 aromatic heterocycles. The van der Waals surface area contributed by atoms with Gasteiger partial charge < -0.3 is 15.8 Å². The Labute approximate surface area is 164 Å². The predicted molar refractivity (Wildman–Crippen MR) is 111 cm³/mol. The highest BCUT2D eigenvalue weighted by molar-refractivity contribution is 5.79. The number of nitrogens with two attached hydrogens (primary N) is 1. The third kappa shape index (κ3) is 3.70. The number of nitrogens with one attached hydrogen (secondary N) is 1. The normalized spacial score (nSPS) is 11.7. The number of hydrogen-bond donors (Lipinski definition) is 2. The van der Waals surface area contributed by atoms with Crippen molar-refractivity contribution in [2.45, 2.75) is 5.92 Å². The van der Waals surface area contributed by atoms with Crippen molar-refractivity contribution in [2.24, 2.45) is 0 Å². The van der Waals surface area contributed by atoms with Crippen molar-refractivity contribution in [3.63, 3.8) is 0 Å². The van der Waals surface area contributed by atoms with Crippen LogP contribution in [-0.2, 0) is 4.74 Å². The van der Waals surface area contributed by atoms with E-state index in [1.165, 1.54) is 22.3 Å². The van der Waals surface area contributed by atoms with Crippen LogP contribution < -0.4 is 11.1 Å². The fourth-order valence-corrected chi connectivity index (χ4v) is 3.48. The van der Waals surface area contributed by atoms with E-state index < -0.39 is 6.09 Å². The number of anilines is 1. The standard InChI is InChI=1S/C24H20N2O2/c25-18-13-11-17(12-14-18)6-5-15-26-24(27)28-16-23-21-9-3-1-7-19(21)20-8-2-4-10-22(20)23/h1-4,7-14,23H,15-16,25H2,(H,26,27). The van der Waals surface area contributed by atoms with Crippen molar-refractivity contribution in [3.8, 4) is 23.0 Å². The number of carbonyl (C=O) groups is 1. The smallest absolute Gasteiger partial charge is 0.407 e. The molecule has 0 spiro atoms. The van der Waals surface area contributed by atoms with Crippen LogP contribution in [0.25, 0.3) is 11.1 Å². The van der Waals surface area contributed by atoms with E-state index in [0.717, 1.165) is 5.56 Å². The van der Waals surface area contributed by atoms with Gasteiger partial charge in [-0.25, -0.2) is 4.79 Å². The summed E-state index contributed by atoms with van der Waals surface area (Å²) in [6, 6.07) is 23.8. The molecule has 0 saturated carbocycles. The lowest BCUT2D eigenvalue weighted by Gasteiger charge is -2.14. The summed E-state index contributed by atoms with van der Waals surface area (Å²) in [5, 5.41) is 2.68. The summed E-state index contributed by atoms with van der Waals surface area (Å²) in [6.45, 7) is 0.520. The van der Waals surface area contributed by atoms with Gasteiger partial charge in [-0.15, -0.1) is 0 Å². The van der Waals surface area contributed by atoms with Gasteiger partial charge in [0.1, 0.15) is 6.61 Å². The lowest BCUT2D eigenvalue weighted by molar-refractivity contribution is 0.144. The Balaban J connectivity index is 1.35. The SMILES string of the molecule is Nc1ccc(C#CCNC(=O)OCC2c3ccccc3-c3ccccc32)cc1. The molecule has 138 valence electrons. The quantitative estimate of drug-likeness (QED) is 0.539. The number of alkyl carbamates (subject to hydrolysis) is 1. The first kappa shape index (κ1) is 17.7. The number of carbonyl (C=O) groups excluding carboxylic acids is 1. The first-order chi connectivity index (χ1) is 13.7. The van der Waals surface area contributed by atoms with Gasteiger partial charge in [0, 0.05) is 17.2 Å². The number of amides is 1. The van der Waals surface area contributed by atoms with Gasteiger partial charge in [-0.3, -0.25) is 0 Å². The summed E-state index contributed by atoms with van der Waals surface area (Å²) in [7, 11) is 0. The molecule has 0 atom stereocenters. The Hall–Kier alpha value is -3.71. The van der Waals surface area contributed by atoms with E-state index in [4.69, 9.17) is 10.5 Å². The lowest BCUT2D eigenvalue weighted by atomic mass is 9.98. The topological polar surface area (TPSA) is 64.3 Å². The molecule has 3 aromatic carbocycles. The fraction of sp³-hybridized carbons (Fsp3) is 0.125. The first-order valence-electron chi connectivity index (χ1n) is 9.15. The summed E-state index contributed by atoms with van der Waals surface area (Å²) in [6.07, 6.45) is -0.464. The zero-order valence-corrected chi connectivity index (χ0v) is 15.3. The summed E-state index contributed by atoms with van der Waals surface area (Å²) < 4.78 is 5.47.